The number of ether oxygens (including phenoxy) is 1. The molecule has 18 heavy (non-hydrogen) atoms. The molecule has 100 valence electrons. The Bertz CT molecular complexity index is 409. The maximum Gasteiger partial charge on any atom is 0.123 e. The number of nitrogens with zero attached hydrogens (tertiary/aromatic N) is 1. The van der Waals surface area contributed by atoms with Crippen molar-refractivity contribution in [3.63, 3.8) is 0 Å². The number of nitrogens with one attached hydrogen (secondary N) is 1. The maximum atomic E-state index is 7.27. The zero-order valence-electron chi connectivity index (χ0n) is 10.9. The highest BCUT2D eigenvalue weighted by molar-refractivity contribution is 9.10. The van der Waals surface area contributed by atoms with Gasteiger partial charge in [0.15, 0.2) is 0 Å². The Kier molecular flexibility index (Phi) is 6.15. The van der Waals surface area contributed by atoms with Gasteiger partial charge in [0.2, 0.25) is 0 Å². The quantitative estimate of drug-likeness (QED) is 0.601. The third-order valence-corrected chi connectivity index (χ3v) is 3.27. The van der Waals surface area contributed by atoms with Crippen LogP contribution in [0.2, 0.25) is 0 Å². The number of nitrogens with two attached hydrogens (primary N) is 1. The van der Waals surface area contributed by atoms with E-state index in [1.165, 1.54) is 0 Å². The van der Waals surface area contributed by atoms with Gasteiger partial charge in [0.25, 0.3) is 0 Å². The predicted octanol–water partition coefficient (Wildman–Crippen LogP) is 2.61. The van der Waals surface area contributed by atoms with Gasteiger partial charge in [-0.05, 0) is 24.7 Å². The fourth-order valence-corrected chi connectivity index (χ4v) is 2.15. The number of methoxy groups -OCH3 is 1. The molecule has 0 heterocycles. The van der Waals surface area contributed by atoms with Gasteiger partial charge < -0.3 is 10.5 Å². The summed E-state index contributed by atoms with van der Waals surface area (Å²) in [6.45, 7) is 4.61. The summed E-state index contributed by atoms with van der Waals surface area (Å²) >= 11 is 3.47. The second-order valence-electron chi connectivity index (χ2n) is 4.10. The van der Waals surface area contributed by atoms with Crippen LogP contribution in [0.1, 0.15) is 18.9 Å². The number of benzene rings is 1. The molecule has 0 spiro atoms. The molecule has 0 aliphatic carbocycles. The van der Waals surface area contributed by atoms with Gasteiger partial charge in [-0.1, -0.05) is 22.9 Å². The lowest BCUT2D eigenvalue weighted by atomic mass is 10.2. The van der Waals surface area contributed by atoms with Crippen molar-refractivity contribution < 1.29 is 4.74 Å². The van der Waals surface area contributed by atoms with E-state index < -0.39 is 0 Å². The number of hydrogen-bond donors (Lipinski definition) is 2. The number of hydrogen-bond acceptors (Lipinski definition) is 3. The van der Waals surface area contributed by atoms with Gasteiger partial charge in [0.05, 0.1) is 12.9 Å². The van der Waals surface area contributed by atoms with Crippen LogP contribution in [0.15, 0.2) is 22.7 Å². The SMILES string of the molecule is CCN(CCC(=N)N)Cc1cc(Br)ccc1OC. The molecule has 0 bridgehead atoms. The monoisotopic (exact) mass is 313 g/mol. The van der Waals surface area contributed by atoms with Gasteiger partial charge in [0.1, 0.15) is 5.75 Å². The van der Waals surface area contributed by atoms with Crippen molar-refractivity contribution in [1.82, 2.24) is 4.90 Å². The lowest BCUT2D eigenvalue weighted by Crippen LogP contribution is -2.27. The van der Waals surface area contributed by atoms with E-state index >= 15 is 0 Å². The lowest BCUT2D eigenvalue weighted by Gasteiger charge is -2.21. The minimum absolute atomic E-state index is 0.231. The van der Waals surface area contributed by atoms with E-state index in [1.54, 1.807) is 7.11 Å². The van der Waals surface area contributed by atoms with Crippen molar-refractivity contribution >= 4 is 21.8 Å². The Labute approximate surface area is 117 Å². The molecular formula is C13H20BrN3O. The summed E-state index contributed by atoms with van der Waals surface area (Å²) < 4.78 is 6.40. The van der Waals surface area contributed by atoms with Gasteiger partial charge in [-0.2, -0.15) is 0 Å². The smallest absolute Gasteiger partial charge is 0.123 e. The molecule has 0 amide bonds. The first-order valence-electron chi connectivity index (χ1n) is 5.94. The molecule has 0 saturated carbocycles. The van der Waals surface area contributed by atoms with Crippen molar-refractivity contribution in [3.05, 3.63) is 28.2 Å². The highest BCUT2D eigenvalue weighted by Gasteiger charge is 2.09. The number of rotatable bonds is 7. The molecule has 5 heteroatoms. The van der Waals surface area contributed by atoms with Crippen LogP contribution < -0.4 is 10.5 Å². The Hall–Kier alpha value is -1.07. The minimum Gasteiger partial charge on any atom is -0.496 e. The molecule has 0 saturated heterocycles. The van der Waals surface area contributed by atoms with Gasteiger partial charge in [-0.3, -0.25) is 10.3 Å². The molecule has 1 rings (SSSR count). The third kappa shape index (κ3) is 4.66. The van der Waals surface area contributed by atoms with Crippen LogP contribution in [0.4, 0.5) is 0 Å². The zero-order chi connectivity index (χ0) is 13.5. The first kappa shape index (κ1) is 15.0. The zero-order valence-corrected chi connectivity index (χ0v) is 12.5. The van der Waals surface area contributed by atoms with Gasteiger partial charge >= 0.3 is 0 Å². The normalized spacial score (nSPS) is 10.7. The summed E-state index contributed by atoms with van der Waals surface area (Å²) in [5, 5.41) is 7.27. The standard InChI is InChI=1S/C13H20BrN3O/c1-3-17(7-6-13(15)16)9-10-8-11(14)4-5-12(10)18-2/h4-5,8H,3,6-7,9H2,1-2H3,(H3,15,16). The van der Waals surface area contributed by atoms with E-state index in [-0.39, 0.29) is 5.84 Å². The second-order valence-corrected chi connectivity index (χ2v) is 5.02. The maximum absolute atomic E-state index is 7.27. The molecule has 0 atom stereocenters. The van der Waals surface area contributed by atoms with Crippen LogP contribution in [-0.4, -0.2) is 30.9 Å². The molecule has 0 unspecified atom stereocenters. The van der Waals surface area contributed by atoms with Crippen molar-refractivity contribution in [2.45, 2.75) is 19.9 Å². The summed E-state index contributed by atoms with van der Waals surface area (Å²) in [5.74, 6) is 1.12. The van der Waals surface area contributed by atoms with Crippen molar-refractivity contribution in [1.29, 1.82) is 5.41 Å². The average Bonchev–Trinajstić information content (AvgIpc) is 2.34. The minimum atomic E-state index is 0.231. The summed E-state index contributed by atoms with van der Waals surface area (Å²) in [6.07, 6.45) is 0.601. The van der Waals surface area contributed by atoms with Crippen molar-refractivity contribution in [2.75, 3.05) is 20.2 Å². The van der Waals surface area contributed by atoms with Crippen LogP contribution in [0.5, 0.6) is 5.75 Å². The van der Waals surface area contributed by atoms with Crippen molar-refractivity contribution in [2.24, 2.45) is 5.73 Å². The third-order valence-electron chi connectivity index (χ3n) is 2.78. The molecule has 0 aliphatic rings. The molecule has 1 aromatic carbocycles. The van der Waals surface area contributed by atoms with Crippen LogP contribution in [0, 0.1) is 5.41 Å². The molecule has 0 aliphatic heterocycles. The van der Waals surface area contributed by atoms with E-state index in [0.717, 1.165) is 35.4 Å². The van der Waals surface area contributed by atoms with E-state index in [1.807, 2.05) is 12.1 Å². The number of halogens is 1. The molecular weight excluding hydrogens is 294 g/mol. The van der Waals surface area contributed by atoms with E-state index in [0.29, 0.717) is 6.42 Å². The summed E-state index contributed by atoms with van der Waals surface area (Å²) in [5.41, 5.74) is 6.53. The van der Waals surface area contributed by atoms with Crippen LogP contribution in [0.3, 0.4) is 0 Å². The molecule has 0 fully saturated rings. The summed E-state index contributed by atoms with van der Waals surface area (Å²) in [6, 6.07) is 5.99. The molecule has 1 aromatic rings. The molecule has 3 N–H and O–H groups in total. The fourth-order valence-electron chi connectivity index (χ4n) is 1.74. The fraction of sp³-hybridized carbons (Fsp3) is 0.462. The van der Waals surface area contributed by atoms with Crippen molar-refractivity contribution in [3.8, 4) is 5.75 Å². The number of amidine groups is 1. The van der Waals surface area contributed by atoms with E-state index in [2.05, 4.69) is 33.8 Å². The summed E-state index contributed by atoms with van der Waals surface area (Å²) in [4.78, 5) is 2.24. The molecule has 4 nitrogen and oxygen atoms in total. The Morgan fingerprint density at radius 3 is 2.78 bits per heavy atom. The average molecular weight is 314 g/mol. The second kappa shape index (κ2) is 7.38. The summed E-state index contributed by atoms with van der Waals surface area (Å²) in [7, 11) is 1.68. The van der Waals surface area contributed by atoms with Gasteiger partial charge in [-0.25, -0.2) is 0 Å². The van der Waals surface area contributed by atoms with Crippen LogP contribution >= 0.6 is 15.9 Å². The van der Waals surface area contributed by atoms with Gasteiger partial charge in [0, 0.05) is 29.5 Å². The highest BCUT2D eigenvalue weighted by Crippen LogP contribution is 2.24. The Balaban J connectivity index is 2.74. The first-order chi connectivity index (χ1) is 8.56. The molecule has 0 radical (unpaired) electrons. The van der Waals surface area contributed by atoms with Crippen LogP contribution in [-0.2, 0) is 6.54 Å². The largest absolute Gasteiger partial charge is 0.496 e. The Morgan fingerprint density at radius 1 is 1.50 bits per heavy atom. The topological polar surface area (TPSA) is 62.3 Å². The van der Waals surface area contributed by atoms with E-state index in [9.17, 15) is 0 Å². The Morgan fingerprint density at radius 2 is 2.22 bits per heavy atom. The predicted molar refractivity (Wildman–Crippen MR) is 78.2 cm³/mol. The lowest BCUT2D eigenvalue weighted by molar-refractivity contribution is 0.282. The molecule has 0 aromatic heterocycles. The first-order valence-corrected chi connectivity index (χ1v) is 6.73. The highest BCUT2D eigenvalue weighted by atomic mass is 79.9. The van der Waals surface area contributed by atoms with Crippen LogP contribution in [0.25, 0.3) is 0 Å². The van der Waals surface area contributed by atoms with E-state index in [4.69, 9.17) is 15.9 Å². The van der Waals surface area contributed by atoms with Gasteiger partial charge in [-0.15, -0.1) is 0 Å².